The van der Waals surface area contributed by atoms with Gasteiger partial charge in [0.25, 0.3) is 0 Å². The van der Waals surface area contributed by atoms with Gasteiger partial charge < -0.3 is 15.5 Å². The van der Waals surface area contributed by atoms with E-state index in [1.54, 1.807) is 4.90 Å². The molecule has 164 valence electrons. The van der Waals surface area contributed by atoms with Crippen molar-refractivity contribution < 1.29 is 14.4 Å². The number of anilines is 1. The van der Waals surface area contributed by atoms with Crippen LogP contribution in [0.25, 0.3) is 0 Å². The van der Waals surface area contributed by atoms with Crippen LogP contribution in [0.2, 0.25) is 0 Å². The Kier molecular flexibility index (Phi) is 8.53. The quantitative estimate of drug-likeness (QED) is 0.662. The zero-order valence-electron chi connectivity index (χ0n) is 17.8. The minimum Gasteiger partial charge on any atom is -0.352 e. The number of carbonyl (C=O) groups excluding carboxylic acids is 3. The lowest BCUT2D eigenvalue weighted by Gasteiger charge is -2.31. The number of amides is 3. The predicted molar refractivity (Wildman–Crippen MR) is 125 cm³/mol. The first-order valence-electron chi connectivity index (χ1n) is 10.5. The maximum Gasteiger partial charge on any atom is 0.234 e. The number of carbonyl (C=O) groups is 3. The zero-order chi connectivity index (χ0) is 22.1. The molecule has 3 amide bonds. The van der Waals surface area contributed by atoms with Crippen LogP contribution in [0.5, 0.6) is 0 Å². The Bertz CT molecular complexity index is 879. The number of likely N-dealkylation sites (tertiary alicyclic amines) is 1. The predicted octanol–water partition coefficient (Wildman–Crippen LogP) is 3.22. The first-order valence-corrected chi connectivity index (χ1v) is 11.7. The molecule has 0 bridgehead atoms. The molecule has 0 aliphatic carbocycles. The molecule has 1 aliphatic rings. The Hall–Kier alpha value is -2.80. The summed E-state index contributed by atoms with van der Waals surface area (Å²) in [5.41, 5.74) is 2.97. The number of piperidine rings is 1. The Morgan fingerprint density at radius 3 is 2.32 bits per heavy atom. The monoisotopic (exact) mass is 439 g/mol. The van der Waals surface area contributed by atoms with Crippen LogP contribution in [0.15, 0.2) is 54.6 Å². The number of benzene rings is 2. The molecule has 2 N–H and O–H groups in total. The van der Waals surface area contributed by atoms with Gasteiger partial charge in [-0.1, -0.05) is 48.0 Å². The standard InChI is InChI=1S/C24H29N3O3S/c1-18-7-9-21(10-8-18)26-22(28)16-31-17-23(29)27-13-11-20(12-14-27)24(30)25-15-19-5-3-2-4-6-19/h2-10,20H,11-17H2,1H3,(H,25,30)(H,26,28). The summed E-state index contributed by atoms with van der Waals surface area (Å²) in [5, 5.41) is 5.83. The molecule has 2 aromatic rings. The molecule has 0 saturated carbocycles. The van der Waals surface area contributed by atoms with E-state index >= 15 is 0 Å². The molecule has 31 heavy (non-hydrogen) atoms. The average molecular weight is 440 g/mol. The number of rotatable bonds is 8. The van der Waals surface area contributed by atoms with Crippen molar-refractivity contribution in [2.45, 2.75) is 26.3 Å². The van der Waals surface area contributed by atoms with E-state index in [9.17, 15) is 14.4 Å². The molecule has 1 saturated heterocycles. The second kappa shape index (κ2) is 11.6. The van der Waals surface area contributed by atoms with Gasteiger partial charge in [0.2, 0.25) is 17.7 Å². The number of hydrogen-bond donors (Lipinski definition) is 2. The maximum absolute atomic E-state index is 12.4. The lowest BCUT2D eigenvalue weighted by Crippen LogP contribution is -2.43. The van der Waals surface area contributed by atoms with E-state index in [-0.39, 0.29) is 35.1 Å². The van der Waals surface area contributed by atoms with Crippen LogP contribution in [-0.2, 0) is 20.9 Å². The Morgan fingerprint density at radius 2 is 1.65 bits per heavy atom. The van der Waals surface area contributed by atoms with E-state index in [2.05, 4.69) is 10.6 Å². The number of hydrogen-bond acceptors (Lipinski definition) is 4. The molecule has 1 aliphatic heterocycles. The fraction of sp³-hybridized carbons (Fsp3) is 0.375. The van der Waals surface area contributed by atoms with Gasteiger partial charge in [-0.25, -0.2) is 0 Å². The number of thioether (sulfide) groups is 1. The van der Waals surface area contributed by atoms with Gasteiger partial charge >= 0.3 is 0 Å². The lowest BCUT2D eigenvalue weighted by molar-refractivity contribution is -0.133. The highest BCUT2D eigenvalue weighted by molar-refractivity contribution is 8.00. The SMILES string of the molecule is Cc1ccc(NC(=O)CSCC(=O)N2CCC(C(=O)NCc3ccccc3)CC2)cc1. The molecule has 0 atom stereocenters. The van der Waals surface area contributed by atoms with E-state index in [0.29, 0.717) is 32.5 Å². The number of nitrogens with zero attached hydrogens (tertiary/aromatic N) is 1. The second-order valence-electron chi connectivity index (χ2n) is 7.77. The molecule has 0 unspecified atom stereocenters. The lowest BCUT2D eigenvalue weighted by atomic mass is 9.96. The molecule has 0 spiro atoms. The van der Waals surface area contributed by atoms with E-state index < -0.39 is 0 Å². The van der Waals surface area contributed by atoms with Gasteiger partial charge in [0.1, 0.15) is 0 Å². The normalized spacial score (nSPS) is 14.2. The average Bonchev–Trinajstić information content (AvgIpc) is 2.79. The van der Waals surface area contributed by atoms with Crippen LogP contribution in [-0.4, -0.2) is 47.2 Å². The van der Waals surface area contributed by atoms with Gasteiger partial charge in [0.05, 0.1) is 11.5 Å². The minimum atomic E-state index is -0.115. The first-order chi connectivity index (χ1) is 15.0. The molecule has 7 heteroatoms. The Balaban J connectivity index is 1.32. The summed E-state index contributed by atoms with van der Waals surface area (Å²) in [5.74, 6) is 0.412. The topological polar surface area (TPSA) is 78.5 Å². The summed E-state index contributed by atoms with van der Waals surface area (Å²) in [6.45, 7) is 3.68. The fourth-order valence-corrected chi connectivity index (χ4v) is 4.19. The van der Waals surface area contributed by atoms with Crippen molar-refractivity contribution in [2.24, 2.45) is 5.92 Å². The van der Waals surface area contributed by atoms with Gasteiger partial charge in [-0.2, -0.15) is 0 Å². The zero-order valence-corrected chi connectivity index (χ0v) is 18.6. The fourth-order valence-electron chi connectivity index (χ4n) is 3.48. The number of aryl methyl sites for hydroxylation is 1. The van der Waals surface area contributed by atoms with E-state index in [1.165, 1.54) is 11.8 Å². The van der Waals surface area contributed by atoms with Gasteiger partial charge in [-0.3, -0.25) is 14.4 Å². The van der Waals surface area contributed by atoms with Crippen molar-refractivity contribution >= 4 is 35.2 Å². The smallest absolute Gasteiger partial charge is 0.234 e. The van der Waals surface area contributed by atoms with Crippen LogP contribution >= 0.6 is 11.8 Å². The maximum atomic E-state index is 12.4. The van der Waals surface area contributed by atoms with Gasteiger partial charge in [-0.15, -0.1) is 11.8 Å². The molecule has 0 aromatic heterocycles. The molecular weight excluding hydrogens is 410 g/mol. The van der Waals surface area contributed by atoms with Crippen LogP contribution in [0.4, 0.5) is 5.69 Å². The van der Waals surface area contributed by atoms with Gasteiger partial charge in [0, 0.05) is 31.2 Å². The van der Waals surface area contributed by atoms with Crippen molar-refractivity contribution in [3.05, 3.63) is 65.7 Å². The van der Waals surface area contributed by atoms with Crippen LogP contribution in [0.1, 0.15) is 24.0 Å². The molecule has 6 nitrogen and oxygen atoms in total. The molecule has 1 fully saturated rings. The highest BCUT2D eigenvalue weighted by atomic mass is 32.2. The van der Waals surface area contributed by atoms with E-state index in [1.807, 2.05) is 61.5 Å². The minimum absolute atomic E-state index is 0.0243. The third kappa shape index (κ3) is 7.43. The second-order valence-corrected chi connectivity index (χ2v) is 8.75. The Labute approximate surface area is 187 Å². The van der Waals surface area contributed by atoms with Gasteiger partial charge in [-0.05, 0) is 37.5 Å². The summed E-state index contributed by atoms with van der Waals surface area (Å²) in [7, 11) is 0. The van der Waals surface area contributed by atoms with Crippen molar-refractivity contribution in [1.29, 1.82) is 0 Å². The number of nitrogens with one attached hydrogen (secondary N) is 2. The van der Waals surface area contributed by atoms with Crippen LogP contribution < -0.4 is 10.6 Å². The molecule has 0 radical (unpaired) electrons. The van der Waals surface area contributed by atoms with Gasteiger partial charge in [0.15, 0.2) is 0 Å². The van der Waals surface area contributed by atoms with Crippen molar-refractivity contribution in [3.8, 4) is 0 Å². The molecular formula is C24H29N3O3S. The summed E-state index contributed by atoms with van der Waals surface area (Å²) in [6, 6.07) is 17.4. The highest BCUT2D eigenvalue weighted by Crippen LogP contribution is 2.19. The summed E-state index contributed by atoms with van der Waals surface area (Å²) in [6.07, 6.45) is 1.34. The molecule has 2 aromatic carbocycles. The van der Waals surface area contributed by atoms with Crippen molar-refractivity contribution in [1.82, 2.24) is 10.2 Å². The molecule has 3 rings (SSSR count). The van der Waals surface area contributed by atoms with E-state index in [4.69, 9.17) is 0 Å². The molecule has 1 heterocycles. The summed E-state index contributed by atoms with van der Waals surface area (Å²) < 4.78 is 0. The van der Waals surface area contributed by atoms with Crippen LogP contribution in [0.3, 0.4) is 0 Å². The third-order valence-corrected chi connectivity index (χ3v) is 6.24. The summed E-state index contributed by atoms with van der Waals surface area (Å²) in [4.78, 5) is 38.7. The highest BCUT2D eigenvalue weighted by Gasteiger charge is 2.27. The first kappa shape index (κ1) is 22.9. The van der Waals surface area contributed by atoms with Crippen LogP contribution in [0, 0.1) is 12.8 Å². The Morgan fingerprint density at radius 1 is 0.968 bits per heavy atom. The van der Waals surface area contributed by atoms with Crippen molar-refractivity contribution in [3.63, 3.8) is 0 Å². The summed E-state index contributed by atoms with van der Waals surface area (Å²) >= 11 is 1.32. The largest absolute Gasteiger partial charge is 0.352 e. The third-order valence-electron chi connectivity index (χ3n) is 5.32. The van der Waals surface area contributed by atoms with Crippen molar-refractivity contribution in [2.75, 3.05) is 29.9 Å². The van der Waals surface area contributed by atoms with E-state index in [0.717, 1.165) is 16.8 Å².